The fourth-order valence-corrected chi connectivity index (χ4v) is 3.04. The molecule has 0 amide bonds. The molecule has 3 aromatic rings. The van der Waals surface area contributed by atoms with E-state index in [9.17, 15) is 0 Å². The SMILES string of the molecule is c1ccc(C(Oc2cnc3ccccc3c2)C2CNCCO2)cc1. The molecule has 1 aliphatic heterocycles. The normalized spacial score (nSPS) is 19.1. The molecule has 2 aromatic carbocycles. The van der Waals surface area contributed by atoms with E-state index >= 15 is 0 Å². The molecular weight excluding hydrogens is 300 g/mol. The second-order valence-electron chi connectivity index (χ2n) is 5.93. The third-order valence-electron chi connectivity index (χ3n) is 4.25. The number of rotatable bonds is 4. The Morgan fingerprint density at radius 3 is 2.75 bits per heavy atom. The van der Waals surface area contributed by atoms with Crippen LogP contribution in [0.4, 0.5) is 0 Å². The van der Waals surface area contributed by atoms with Gasteiger partial charge in [0, 0.05) is 18.5 Å². The summed E-state index contributed by atoms with van der Waals surface area (Å²) in [6.45, 7) is 2.36. The van der Waals surface area contributed by atoms with E-state index in [0.717, 1.165) is 35.3 Å². The van der Waals surface area contributed by atoms with E-state index in [-0.39, 0.29) is 12.2 Å². The fourth-order valence-electron chi connectivity index (χ4n) is 3.04. The van der Waals surface area contributed by atoms with Gasteiger partial charge in [0.25, 0.3) is 0 Å². The van der Waals surface area contributed by atoms with Gasteiger partial charge in [0.05, 0.1) is 18.3 Å². The number of morpholine rings is 1. The Balaban J connectivity index is 1.64. The topological polar surface area (TPSA) is 43.4 Å². The standard InChI is InChI=1S/C20H20N2O2/c1-2-6-15(7-3-1)20(19-14-21-10-11-23-19)24-17-12-16-8-4-5-9-18(16)22-13-17/h1-9,12-13,19-21H,10-11,14H2. The van der Waals surface area contributed by atoms with Crippen molar-refractivity contribution in [2.75, 3.05) is 19.7 Å². The van der Waals surface area contributed by atoms with Gasteiger partial charge in [-0.2, -0.15) is 0 Å². The number of ether oxygens (including phenoxy) is 2. The number of nitrogens with one attached hydrogen (secondary N) is 1. The average Bonchev–Trinajstić information content (AvgIpc) is 2.67. The van der Waals surface area contributed by atoms with Crippen molar-refractivity contribution in [3.63, 3.8) is 0 Å². The van der Waals surface area contributed by atoms with E-state index in [4.69, 9.17) is 9.47 Å². The highest BCUT2D eigenvalue weighted by atomic mass is 16.5. The van der Waals surface area contributed by atoms with Crippen molar-refractivity contribution < 1.29 is 9.47 Å². The summed E-state index contributed by atoms with van der Waals surface area (Å²) in [5.41, 5.74) is 2.08. The summed E-state index contributed by atoms with van der Waals surface area (Å²) < 4.78 is 12.3. The molecule has 2 heterocycles. The zero-order valence-electron chi connectivity index (χ0n) is 13.4. The van der Waals surface area contributed by atoms with E-state index in [0.29, 0.717) is 6.61 Å². The predicted molar refractivity (Wildman–Crippen MR) is 94.2 cm³/mol. The third-order valence-corrected chi connectivity index (χ3v) is 4.25. The minimum atomic E-state index is -0.165. The van der Waals surface area contributed by atoms with Gasteiger partial charge in [0.15, 0.2) is 6.10 Å². The molecule has 0 radical (unpaired) electrons. The Hall–Kier alpha value is -2.43. The van der Waals surface area contributed by atoms with Gasteiger partial charge >= 0.3 is 0 Å². The summed E-state index contributed by atoms with van der Waals surface area (Å²) in [5, 5.41) is 4.45. The van der Waals surface area contributed by atoms with E-state index in [2.05, 4.69) is 22.4 Å². The van der Waals surface area contributed by atoms with Crippen molar-refractivity contribution in [1.82, 2.24) is 10.3 Å². The van der Waals surface area contributed by atoms with Crippen LogP contribution in [-0.2, 0) is 4.74 Å². The Morgan fingerprint density at radius 1 is 1.08 bits per heavy atom. The average molecular weight is 320 g/mol. The van der Waals surface area contributed by atoms with E-state index in [1.807, 2.05) is 48.5 Å². The summed E-state index contributed by atoms with van der Waals surface area (Å²) in [6.07, 6.45) is 1.60. The Morgan fingerprint density at radius 2 is 1.92 bits per heavy atom. The minimum absolute atomic E-state index is 0.0207. The third kappa shape index (κ3) is 3.25. The molecule has 4 rings (SSSR count). The monoisotopic (exact) mass is 320 g/mol. The molecule has 1 saturated heterocycles. The lowest BCUT2D eigenvalue weighted by Crippen LogP contribution is -2.43. The number of pyridine rings is 1. The molecule has 1 N–H and O–H groups in total. The van der Waals surface area contributed by atoms with Crippen molar-refractivity contribution in [1.29, 1.82) is 0 Å². The zero-order valence-corrected chi connectivity index (χ0v) is 13.4. The largest absolute Gasteiger partial charge is 0.481 e. The molecule has 4 heteroatoms. The lowest BCUT2D eigenvalue weighted by molar-refractivity contribution is -0.0433. The highest BCUT2D eigenvalue weighted by Gasteiger charge is 2.27. The summed E-state index contributed by atoms with van der Waals surface area (Å²) in [7, 11) is 0. The molecule has 0 bridgehead atoms. The number of aromatic nitrogens is 1. The molecule has 0 spiro atoms. The molecule has 0 saturated carbocycles. The van der Waals surface area contributed by atoms with Gasteiger partial charge < -0.3 is 14.8 Å². The summed E-state index contributed by atoms with van der Waals surface area (Å²) in [6, 6.07) is 20.3. The summed E-state index contributed by atoms with van der Waals surface area (Å²) >= 11 is 0. The first-order chi connectivity index (χ1) is 11.9. The highest BCUT2D eigenvalue weighted by molar-refractivity contribution is 5.79. The molecule has 1 fully saturated rings. The lowest BCUT2D eigenvalue weighted by Gasteiger charge is -2.31. The van der Waals surface area contributed by atoms with E-state index in [1.54, 1.807) is 6.20 Å². The molecule has 4 nitrogen and oxygen atoms in total. The van der Waals surface area contributed by atoms with E-state index < -0.39 is 0 Å². The van der Waals surface area contributed by atoms with Crippen LogP contribution in [0.2, 0.25) is 0 Å². The van der Waals surface area contributed by atoms with Crippen LogP contribution in [0.5, 0.6) is 5.75 Å². The summed E-state index contributed by atoms with van der Waals surface area (Å²) in [5.74, 6) is 0.761. The maximum absolute atomic E-state index is 6.32. The molecule has 1 aromatic heterocycles. The molecule has 2 atom stereocenters. The first-order valence-corrected chi connectivity index (χ1v) is 8.29. The maximum Gasteiger partial charge on any atom is 0.151 e. The van der Waals surface area contributed by atoms with Crippen molar-refractivity contribution in [2.24, 2.45) is 0 Å². The molecule has 1 aliphatic rings. The van der Waals surface area contributed by atoms with Crippen molar-refractivity contribution >= 4 is 10.9 Å². The first kappa shape index (κ1) is 15.1. The van der Waals surface area contributed by atoms with Crippen LogP contribution in [0.3, 0.4) is 0 Å². The Labute approximate surface area is 141 Å². The van der Waals surface area contributed by atoms with Crippen LogP contribution in [0.1, 0.15) is 11.7 Å². The number of hydrogen-bond donors (Lipinski definition) is 1. The second kappa shape index (κ2) is 6.99. The van der Waals surface area contributed by atoms with Crippen LogP contribution in [0.25, 0.3) is 10.9 Å². The van der Waals surface area contributed by atoms with Crippen LogP contribution in [0.15, 0.2) is 66.9 Å². The summed E-state index contributed by atoms with van der Waals surface area (Å²) in [4.78, 5) is 4.49. The molecule has 24 heavy (non-hydrogen) atoms. The zero-order chi connectivity index (χ0) is 16.2. The van der Waals surface area contributed by atoms with Gasteiger partial charge in [-0.25, -0.2) is 0 Å². The van der Waals surface area contributed by atoms with Gasteiger partial charge in [-0.15, -0.1) is 0 Å². The van der Waals surface area contributed by atoms with Crippen molar-refractivity contribution in [2.45, 2.75) is 12.2 Å². The minimum Gasteiger partial charge on any atom is -0.481 e. The van der Waals surface area contributed by atoms with E-state index in [1.165, 1.54) is 0 Å². The van der Waals surface area contributed by atoms with Crippen LogP contribution >= 0.6 is 0 Å². The van der Waals surface area contributed by atoms with Crippen LogP contribution in [0, 0.1) is 0 Å². The van der Waals surface area contributed by atoms with Gasteiger partial charge in [-0.1, -0.05) is 48.5 Å². The molecular formula is C20H20N2O2. The predicted octanol–water partition coefficient (Wildman–Crippen LogP) is 3.34. The highest BCUT2D eigenvalue weighted by Crippen LogP contribution is 2.28. The Kier molecular flexibility index (Phi) is 4.40. The molecule has 0 aliphatic carbocycles. The number of benzene rings is 2. The quantitative estimate of drug-likeness (QED) is 0.801. The van der Waals surface area contributed by atoms with Crippen LogP contribution in [-0.4, -0.2) is 30.8 Å². The smallest absolute Gasteiger partial charge is 0.151 e. The van der Waals surface area contributed by atoms with Crippen molar-refractivity contribution in [3.8, 4) is 5.75 Å². The lowest BCUT2D eigenvalue weighted by atomic mass is 10.0. The van der Waals surface area contributed by atoms with Crippen molar-refractivity contribution in [3.05, 3.63) is 72.4 Å². The Bertz CT molecular complexity index is 801. The second-order valence-corrected chi connectivity index (χ2v) is 5.93. The van der Waals surface area contributed by atoms with Gasteiger partial charge in [-0.3, -0.25) is 4.98 Å². The fraction of sp³-hybridized carbons (Fsp3) is 0.250. The molecule has 122 valence electrons. The van der Waals surface area contributed by atoms with Gasteiger partial charge in [0.2, 0.25) is 0 Å². The number of hydrogen-bond acceptors (Lipinski definition) is 4. The number of fused-ring (bicyclic) bond motifs is 1. The number of para-hydroxylation sites is 1. The maximum atomic E-state index is 6.32. The molecule has 2 unspecified atom stereocenters. The first-order valence-electron chi connectivity index (χ1n) is 8.29. The van der Waals surface area contributed by atoms with Crippen LogP contribution < -0.4 is 10.1 Å². The number of nitrogens with zero attached hydrogens (tertiary/aromatic N) is 1. The van der Waals surface area contributed by atoms with Gasteiger partial charge in [0.1, 0.15) is 11.9 Å². The van der Waals surface area contributed by atoms with Gasteiger partial charge in [-0.05, 0) is 17.7 Å².